The molecule has 0 bridgehead atoms. The van der Waals surface area contributed by atoms with Crippen molar-refractivity contribution in [3.8, 4) is 0 Å². The predicted octanol–water partition coefficient (Wildman–Crippen LogP) is 4.85. The summed E-state index contributed by atoms with van der Waals surface area (Å²) >= 11 is 0. The van der Waals surface area contributed by atoms with Crippen molar-refractivity contribution in [3.63, 3.8) is 0 Å². The highest BCUT2D eigenvalue weighted by Gasteiger charge is 2.31. The fraction of sp³-hybridized carbons (Fsp3) is 0.500. The smallest absolute Gasteiger partial charge is 0.137 e. The average molecular weight is 273 g/mol. The summed E-state index contributed by atoms with van der Waals surface area (Å²) in [7, 11) is 2.10. The highest BCUT2D eigenvalue weighted by molar-refractivity contribution is 5.94. The van der Waals surface area contributed by atoms with Crippen LogP contribution in [0.4, 0.5) is 0 Å². The lowest BCUT2D eigenvalue weighted by Crippen LogP contribution is -2.04. The minimum Gasteiger partial charge on any atom is -0.347 e. The monoisotopic (exact) mass is 273 g/mol. The van der Waals surface area contributed by atoms with Crippen molar-refractivity contribution in [1.29, 1.82) is 0 Å². The zero-order chi connectivity index (χ0) is 15.3. The maximum absolute atomic E-state index is 11.7. The van der Waals surface area contributed by atoms with Gasteiger partial charge in [-0.25, -0.2) is 0 Å². The van der Waals surface area contributed by atoms with E-state index in [2.05, 4.69) is 35.9 Å². The fourth-order valence-corrected chi connectivity index (χ4v) is 3.00. The number of nitrogens with zero attached hydrogens (tertiary/aromatic N) is 1. The molecular weight excluding hydrogens is 246 g/mol. The van der Waals surface area contributed by atoms with Gasteiger partial charge in [-0.3, -0.25) is 4.79 Å². The van der Waals surface area contributed by atoms with Crippen LogP contribution >= 0.6 is 0 Å². The van der Waals surface area contributed by atoms with Crippen molar-refractivity contribution in [2.45, 2.75) is 53.4 Å². The van der Waals surface area contributed by atoms with E-state index < -0.39 is 0 Å². The topological polar surface area (TPSA) is 22.0 Å². The Hall–Kier alpha value is -1.57. The van der Waals surface area contributed by atoms with Gasteiger partial charge >= 0.3 is 0 Å². The van der Waals surface area contributed by atoms with Crippen molar-refractivity contribution in [1.82, 2.24) is 4.57 Å². The zero-order valence-corrected chi connectivity index (χ0v) is 13.7. The molecule has 0 amide bonds. The molecule has 1 aliphatic rings. The van der Waals surface area contributed by atoms with Gasteiger partial charge in [0.15, 0.2) is 0 Å². The van der Waals surface area contributed by atoms with Crippen LogP contribution in [0.25, 0.3) is 10.9 Å². The number of hydrogen-bond acceptors (Lipinski definition) is 1. The Labute approximate surface area is 122 Å². The Balaban J connectivity index is 0.000000461. The highest BCUT2D eigenvalue weighted by atomic mass is 16.1. The van der Waals surface area contributed by atoms with Gasteiger partial charge in [0.1, 0.15) is 5.78 Å². The minimum atomic E-state index is 0.126. The molecule has 0 spiro atoms. The van der Waals surface area contributed by atoms with E-state index in [1.807, 2.05) is 27.7 Å². The standard InChI is InChI=1S/C14H15NO.2C2H6/c1-9(16)10-7-8-13-14(10)11-5-3-4-6-12(11)15(13)2;2*1-2/h3-6,10H,7-8H2,1-2H3;2*1-2H3. The second-order valence-corrected chi connectivity index (χ2v) is 4.64. The Morgan fingerprint density at radius 2 is 1.75 bits per heavy atom. The zero-order valence-electron chi connectivity index (χ0n) is 13.7. The number of benzene rings is 1. The van der Waals surface area contributed by atoms with Crippen molar-refractivity contribution >= 4 is 16.7 Å². The molecule has 0 N–H and O–H groups in total. The lowest BCUT2D eigenvalue weighted by atomic mass is 9.96. The second-order valence-electron chi connectivity index (χ2n) is 4.64. The molecule has 1 heterocycles. The number of ketones is 1. The van der Waals surface area contributed by atoms with Crippen LogP contribution in [0.3, 0.4) is 0 Å². The normalized spacial score (nSPS) is 15.8. The number of aryl methyl sites for hydroxylation is 1. The van der Waals surface area contributed by atoms with E-state index in [1.54, 1.807) is 6.92 Å². The van der Waals surface area contributed by atoms with Gasteiger partial charge < -0.3 is 4.57 Å². The predicted molar refractivity (Wildman–Crippen MR) is 87.4 cm³/mol. The molecule has 3 rings (SSSR count). The first kappa shape index (κ1) is 16.5. The molecule has 0 aliphatic heterocycles. The number of Topliss-reactive ketones (excluding diaryl/α,β-unsaturated/α-hetero) is 1. The van der Waals surface area contributed by atoms with E-state index in [0.717, 1.165) is 12.8 Å². The molecule has 1 aromatic heterocycles. The first-order chi connectivity index (χ1) is 9.70. The van der Waals surface area contributed by atoms with Crippen LogP contribution in [0.5, 0.6) is 0 Å². The summed E-state index contributed by atoms with van der Waals surface area (Å²) in [5, 5.41) is 1.26. The third-order valence-electron chi connectivity index (χ3n) is 3.78. The van der Waals surface area contributed by atoms with Crippen LogP contribution in [0.1, 0.15) is 58.2 Å². The number of hydrogen-bond donors (Lipinski definition) is 0. The summed E-state index contributed by atoms with van der Waals surface area (Å²) in [4.78, 5) is 11.7. The van der Waals surface area contributed by atoms with Crippen LogP contribution in [-0.2, 0) is 18.3 Å². The van der Waals surface area contributed by atoms with Crippen molar-refractivity contribution < 1.29 is 4.79 Å². The molecule has 2 nitrogen and oxygen atoms in total. The third-order valence-corrected chi connectivity index (χ3v) is 3.78. The number of fused-ring (bicyclic) bond motifs is 3. The second kappa shape index (κ2) is 7.28. The van der Waals surface area contributed by atoms with Gasteiger partial charge in [-0.15, -0.1) is 0 Å². The first-order valence-corrected chi connectivity index (χ1v) is 7.77. The van der Waals surface area contributed by atoms with Crippen LogP contribution in [0.15, 0.2) is 24.3 Å². The van der Waals surface area contributed by atoms with Crippen LogP contribution in [0, 0.1) is 0 Å². The highest BCUT2D eigenvalue weighted by Crippen LogP contribution is 2.40. The molecule has 2 heteroatoms. The fourth-order valence-electron chi connectivity index (χ4n) is 3.00. The third kappa shape index (κ3) is 2.65. The molecule has 20 heavy (non-hydrogen) atoms. The van der Waals surface area contributed by atoms with Crippen LogP contribution in [0.2, 0.25) is 0 Å². The Morgan fingerprint density at radius 3 is 2.35 bits per heavy atom. The van der Waals surface area contributed by atoms with Crippen molar-refractivity contribution in [3.05, 3.63) is 35.5 Å². The van der Waals surface area contributed by atoms with E-state index in [-0.39, 0.29) is 5.92 Å². The SMILES string of the molecule is CC.CC.CC(=O)C1CCc2c1c1ccccc1n2C. The molecule has 1 atom stereocenters. The molecule has 2 aromatic rings. The van der Waals surface area contributed by atoms with E-state index in [4.69, 9.17) is 0 Å². The number of para-hydroxylation sites is 1. The summed E-state index contributed by atoms with van der Waals surface area (Å²) in [6.07, 6.45) is 2.02. The summed E-state index contributed by atoms with van der Waals surface area (Å²) < 4.78 is 2.24. The molecule has 1 aromatic carbocycles. The lowest BCUT2D eigenvalue weighted by molar-refractivity contribution is -0.118. The van der Waals surface area contributed by atoms with Crippen molar-refractivity contribution in [2.75, 3.05) is 0 Å². The van der Waals surface area contributed by atoms with Gasteiger partial charge in [-0.05, 0) is 31.4 Å². The minimum absolute atomic E-state index is 0.126. The lowest BCUT2D eigenvalue weighted by Gasteiger charge is -2.05. The number of carbonyl (C=O) groups is 1. The van der Waals surface area contributed by atoms with Gasteiger partial charge in [0.2, 0.25) is 0 Å². The number of carbonyl (C=O) groups excluding carboxylic acids is 1. The summed E-state index contributed by atoms with van der Waals surface area (Å²) in [5.41, 5.74) is 3.88. The molecule has 0 radical (unpaired) electrons. The molecular formula is C18H27NO. The van der Waals surface area contributed by atoms with Crippen LogP contribution < -0.4 is 0 Å². The maximum atomic E-state index is 11.7. The van der Waals surface area contributed by atoms with Crippen molar-refractivity contribution in [2.24, 2.45) is 7.05 Å². The van der Waals surface area contributed by atoms with Gasteiger partial charge in [0, 0.05) is 29.6 Å². The summed E-state index contributed by atoms with van der Waals surface area (Å²) in [6, 6.07) is 8.37. The molecule has 110 valence electrons. The Bertz CT molecular complexity index is 580. The van der Waals surface area contributed by atoms with Crippen LogP contribution in [-0.4, -0.2) is 10.4 Å². The average Bonchev–Trinajstić information content (AvgIpc) is 3.05. The molecule has 0 fully saturated rings. The van der Waals surface area contributed by atoms with E-state index in [0.29, 0.717) is 5.78 Å². The van der Waals surface area contributed by atoms with Gasteiger partial charge in [-0.2, -0.15) is 0 Å². The first-order valence-electron chi connectivity index (χ1n) is 7.77. The van der Waals surface area contributed by atoms with Gasteiger partial charge in [0.25, 0.3) is 0 Å². The van der Waals surface area contributed by atoms with Gasteiger partial charge in [0.05, 0.1) is 0 Å². The molecule has 1 aliphatic carbocycles. The Morgan fingerprint density at radius 1 is 1.15 bits per heavy atom. The van der Waals surface area contributed by atoms with E-state index in [9.17, 15) is 4.79 Å². The van der Waals surface area contributed by atoms with E-state index >= 15 is 0 Å². The largest absolute Gasteiger partial charge is 0.347 e. The maximum Gasteiger partial charge on any atom is 0.137 e. The number of aromatic nitrogens is 1. The summed E-state index contributed by atoms with van der Waals surface area (Å²) in [6.45, 7) is 9.71. The number of rotatable bonds is 1. The quantitative estimate of drug-likeness (QED) is 0.728. The molecule has 1 unspecified atom stereocenters. The van der Waals surface area contributed by atoms with E-state index in [1.165, 1.54) is 22.2 Å². The summed E-state index contributed by atoms with van der Waals surface area (Å²) in [5.74, 6) is 0.427. The van der Waals surface area contributed by atoms with Gasteiger partial charge in [-0.1, -0.05) is 45.9 Å². The molecule has 0 saturated heterocycles. The Kier molecular flexibility index (Phi) is 6.00. The molecule has 0 saturated carbocycles.